The van der Waals surface area contributed by atoms with Gasteiger partial charge in [0.25, 0.3) is 11.8 Å². The third-order valence-corrected chi connectivity index (χ3v) is 6.80. The van der Waals surface area contributed by atoms with E-state index in [2.05, 4.69) is 4.98 Å². The molecule has 1 aromatic heterocycles. The molecule has 7 heteroatoms. The number of carbonyl (C=O) groups is 2. The van der Waals surface area contributed by atoms with Crippen molar-refractivity contribution in [2.75, 3.05) is 26.7 Å². The number of nitrogens with zero attached hydrogens (tertiary/aromatic N) is 3. The van der Waals surface area contributed by atoms with E-state index in [0.717, 1.165) is 16.7 Å². The van der Waals surface area contributed by atoms with Crippen molar-refractivity contribution >= 4 is 11.8 Å². The van der Waals surface area contributed by atoms with Crippen molar-refractivity contribution in [2.45, 2.75) is 32.9 Å². The van der Waals surface area contributed by atoms with E-state index in [-0.39, 0.29) is 36.3 Å². The van der Waals surface area contributed by atoms with Crippen LogP contribution in [-0.2, 0) is 0 Å². The van der Waals surface area contributed by atoms with E-state index >= 15 is 0 Å². The molecule has 0 saturated heterocycles. The summed E-state index contributed by atoms with van der Waals surface area (Å²) in [5.74, 6) is -0.203. The topological polar surface area (TPSA) is 83.0 Å². The predicted molar refractivity (Wildman–Crippen MR) is 139 cm³/mol. The molecule has 0 unspecified atom stereocenters. The van der Waals surface area contributed by atoms with Crippen molar-refractivity contribution in [3.63, 3.8) is 0 Å². The van der Waals surface area contributed by atoms with Crippen LogP contribution in [-0.4, -0.2) is 70.6 Å². The zero-order chi connectivity index (χ0) is 25.8. The predicted octanol–water partition coefficient (Wildman–Crippen LogP) is 4.05. The lowest BCUT2D eigenvalue weighted by Crippen LogP contribution is -2.50. The molecular formula is C29H33N3O4. The molecule has 0 bridgehead atoms. The van der Waals surface area contributed by atoms with Gasteiger partial charge >= 0.3 is 0 Å². The zero-order valence-electron chi connectivity index (χ0n) is 21.2. The first-order valence-electron chi connectivity index (χ1n) is 12.2. The van der Waals surface area contributed by atoms with Crippen molar-refractivity contribution in [2.24, 2.45) is 5.92 Å². The van der Waals surface area contributed by atoms with Crippen molar-refractivity contribution in [1.82, 2.24) is 14.8 Å². The fraction of sp³-hybridized carbons (Fsp3) is 0.345. The second-order valence-corrected chi connectivity index (χ2v) is 9.57. The minimum atomic E-state index is -0.403. The van der Waals surface area contributed by atoms with E-state index in [1.165, 1.54) is 0 Å². The lowest BCUT2D eigenvalue weighted by molar-refractivity contribution is 0.0313. The fourth-order valence-electron chi connectivity index (χ4n) is 4.52. The first-order valence-corrected chi connectivity index (χ1v) is 12.2. The van der Waals surface area contributed by atoms with Crippen molar-refractivity contribution in [3.8, 4) is 17.0 Å². The van der Waals surface area contributed by atoms with Gasteiger partial charge in [-0.05, 0) is 43.2 Å². The summed E-state index contributed by atoms with van der Waals surface area (Å²) in [4.78, 5) is 34.5. The number of rotatable bonds is 6. The highest BCUT2D eigenvalue weighted by atomic mass is 16.5. The number of ether oxygens (including phenoxy) is 1. The van der Waals surface area contributed by atoms with E-state index in [0.29, 0.717) is 24.2 Å². The number of hydrogen-bond donors (Lipinski definition) is 1. The second-order valence-electron chi connectivity index (χ2n) is 9.57. The summed E-state index contributed by atoms with van der Waals surface area (Å²) in [6.45, 7) is 6.38. The van der Waals surface area contributed by atoms with Gasteiger partial charge in [-0.1, -0.05) is 49.4 Å². The molecular weight excluding hydrogens is 454 g/mol. The number of aryl methyl sites for hydroxylation is 1. The van der Waals surface area contributed by atoms with Crippen molar-refractivity contribution in [1.29, 1.82) is 0 Å². The van der Waals surface area contributed by atoms with E-state index < -0.39 is 6.10 Å². The normalized spacial score (nSPS) is 18.5. The van der Waals surface area contributed by atoms with E-state index in [1.54, 1.807) is 35.2 Å². The monoisotopic (exact) mass is 487 g/mol. The Kier molecular flexibility index (Phi) is 7.70. The minimum absolute atomic E-state index is 0.104. The van der Waals surface area contributed by atoms with Crippen LogP contribution in [0.25, 0.3) is 11.1 Å². The molecule has 0 fully saturated rings. The van der Waals surface area contributed by atoms with E-state index in [1.807, 2.05) is 69.3 Å². The molecule has 2 heterocycles. The smallest absolute Gasteiger partial charge is 0.259 e. The van der Waals surface area contributed by atoms with Crippen LogP contribution in [0.5, 0.6) is 5.88 Å². The maximum atomic E-state index is 13.7. The molecule has 0 radical (unpaired) electrons. The van der Waals surface area contributed by atoms with Gasteiger partial charge in [0.15, 0.2) is 0 Å². The Morgan fingerprint density at radius 1 is 1.17 bits per heavy atom. The summed E-state index contributed by atoms with van der Waals surface area (Å²) < 4.78 is 6.34. The molecule has 1 aliphatic heterocycles. The number of carbonyl (C=O) groups excluding carboxylic acids is 2. The lowest BCUT2D eigenvalue weighted by Gasteiger charge is -2.37. The average Bonchev–Trinajstić information content (AvgIpc) is 2.90. The highest BCUT2D eigenvalue weighted by molar-refractivity contribution is 5.98. The average molecular weight is 488 g/mol. The molecule has 188 valence electrons. The number of aromatic nitrogens is 1. The maximum absolute atomic E-state index is 13.7. The first-order chi connectivity index (χ1) is 17.3. The SMILES string of the molecule is Cc1ccccc1-c1cnc2c(c1)C(=O)N([C@H](C)CO)C[C@H](C)[C@H](CN(C)C(=O)c1ccccc1)O2. The van der Waals surface area contributed by atoms with Gasteiger partial charge in [0.05, 0.1) is 19.2 Å². The standard InChI is InChI=1S/C29H33N3O4/c1-19-10-8-9-13-24(19)23-14-25-27(30-15-23)36-26(20(2)16-32(29(25)35)21(3)18-33)17-31(4)28(34)22-11-6-5-7-12-22/h5-15,20-21,26,33H,16-18H2,1-4H3/t20-,21+,26-/m0/s1. The molecule has 2 aromatic carbocycles. The highest BCUT2D eigenvalue weighted by Gasteiger charge is 2.35. The lowest BCUT2D eigenvalue weighted by atomic mass is 9.98. The zero-order valence-corrected chi connectivity index (χ0v) is 21.2. The summed E-state index contributed by atoms with van der Waals surface area (Å²) in [5, 5.41) is 9.89. The van der Waals surface area contributed by atoms with Gasteiger partial charge in [-0.25, -0.2) is 4.98 Å². The molecule has 3 aromatic rings. The Labute approximate surface area is 212 Å². The Bertz CT molecular complexity index is 1230. The van der Waals surface area contributed by atoms with Crippen molar-refractivity contribution < 1.29 is 19.4 Å². The van der Waals surface area contributed by atoms with Crippen LogP contribution in [0.15, 0.2) is 66.9 Å². The third kappa shape index (κ3) is 5.26. The molecule has 3 atom stereocenters. The summed E-state index contributed by atoms with van der Waals surface area (Å²) >= 11 is 0. The van der Waals surface area contributed by atoms with Crippen LogP contribution in [0, 0.1) is 12.8 Å². The molecule has 2 amide bonds. The molecule has 0 saturated carbocycles. The molecule has 7 nitrogen and oxygen atoms in total. The minimum Gasteiger partial charge on any atom is -0.472 e. The van der Waals surface area contributed by atoms with Gasteiger partial charge < -0.3 is 19.6 Å². The largest absolute Gasteiger partial charge is 0.472 e. The summed E-state index contributed by atoms with van der Waals surface area (Å²) in [7, 11) is 1.75. The Balaban J connectivity index is 1.70. The van der Waals surface area contributed by atoms with Crippen LogP contribution in [0.4, 0.5) is 0 Å². The molecule has 4 rings (SSSR count). The fourth-order valence-corrected chi connectivity index (χ4v) is 4.52. The van der Waals surface area contributed by atoms with Gasteiger partial charge in [0.2, 0.25) is 5.88 Å². The van der Waals surface area contributed by atoms with Gasteiger partial charge in [-0.15, -0.1) is 0 Å². The molecule has 0 aliphatic carbocycles. The van der Waals surface area contributed by atoms with Crippen LogP contribution in [0.1, 0.15) is 40.1 Å². The molecule has 1 aliphatic rings. The Morgan fingerprint density at radius 3 is 2.56 bits per heavy atom. The number of hydrogen-bond acceptors (Lipinski definition) is 5. The van der Waals surface area contributed by atoms with Gasteiger partial charge in [-0.3, -0.25) is 9.59 Å². The van der Waals surface area contributed by atoms with Crippen LogP contribution >= 0.6 is 0 Å². The van der Waals surface area contributed by atoms with E-state index in [4.69, 9.17) is 4.74 Å². The van der Waals surface area contributed by atoms with Gasteiger partial charge in [0.1, 0.15) is 11.7 Å². The number of aliphatic hydroxyl groups is 1. The van der Waals surface area contributed by atoms with E-state index in [9.17, 15) is 14.7 Å². The molecule has 36 heavy (non-hydrogen) atoms. The Morgan fingerprint density at radius 2 is 1.86 bits per heavy atom. The Hall–Kier alpha value is -3.71. The van der Waals surface area contributed by atoms with Crippen molar-refractivity contribution in [3.05, 3.63) is 83.6 Å². The summed E-state index contributed by atoms with van der Waals surface area (Å²) in [5.41, 5.74) is 3.84. The van der Waals surface area contributed by atoms with Crippen LogP contribution < -0.4 is 4.74 Å². The van der Waals surface area contributed by atoms with Gasteiger partial charge in [0, 0.05) is 36.8 Å². The third-order valence-electron chi connectivity index (χ3n) is 6.80. The summed E-state index contributed by atoms with van der Waals surface area (Å²) in [6.07, 6.45) is 1.32. The van der Waals surface area contributed by atoms with Gasteiger partial charge in [-0.2, -0.15) is 0 Å². The number of likely N-dealkylation sites (N-methyl/N-ethyl adjacent to an activating group) is 1. The van der Waals surface area contributed by atoms with Crippen LogP contribution in [0.3, 0.4) is 0 Å². The first kappa shape index (κ1) is 25.4. The number of aliphatic hydroxyl groups excluding tert-OH is 1. The highest BCUT2D eigenvalue weighted by Crippen LogP contribution is 2.31. The summed E-state index contributed by atoms with van der Waals surface area (Å²) in [6, 6.07) is 18.5. The van der Waals surface area contributed by atoms with Crippen LogP contribution in [0.2, 0.25) is 0 Å². The number of fused-ring (bicyclic) bond motifs is 1. The number of benzene rings is 2. The maximum Gasteiger partial charge on any atom is 0.259 e. The number of pyridine rings is 1. The second kappa shape index (κ2) is 10.9. The quantitative estimate of drug-likeness (QED) is 0.567. The molecule has 0 spiro atoms. The number of amides is 2. The molecule has 1 N–H and O–H groups in total.